The minimum Gasteiger partial charge on any atom is -0.409 e. The van der Waals surface area contributed by atoms with Gasteiger partial charge in [0.05, 0.1) is 12.1 Å². The van der Waals surface area contributed by atoms with Gasteiger partial charge >= 0.3 is 0 Å². The average molecular weight is 245 g/mol. The van der Waals surface area contributed by atoms with E-state index in [9.17, 15) is 4.79 Å². The van der Waals surface area contributed by atoms with Crippen LogP contribution in [0, 0.1) is 5.92 Å². The van der Waals surface area contributed by atoms with E-state index in [1.54, 1.807) is 7.11 Å². The van der Waals surface area contributed by atoms with Crippen molar-refractivity contribution in [1.29, 1.82) is 0 Å². The summed E-state index contributed by atoms with van der Waals surface area (Å²) in [6.07, 6.45) is 1.04. The van der Waals surface area contributed by atoms with Crippen LogP contribution in [0.25, 0.3) is 0 Å². The van der Waals surface area contributed by atoms with Crippen LogP contribution in [0.5, 0.6) is 0 Å². The normalized spacial score (nSPS) is 15.7. The summed E-state index contributed by atoms with van der Waals surface area (Å²) >= 11 is 0. The van der Waals surface area contributed by atoms with Gasteiger partial charge in [-0.15, -0.1) is 0 Å². The molecule has 100 valence electrons. The number of methoxy groups -OCH3 is 1. The van der Waals surface area contributed by atoms with E-state index in [2.05, 4.69) is 10.5 Å². The monoisotopic (exact) mass is 245 g/mol. The van der Waals surface area contributed by atoms with Crippen molar-refractivity contribution in [2.24, 2.45) is 16.8 Å². The highest BCUT2D eigenvalue weighted by atomic mass is 16.5. The van der Waals surface area contributed by atoms with E-state index in [0.29, 0.717) is 12.8 Å². The van der Waals surface area contributed by atoms with Crippen LogP contribution in [-0.2, 0) is 9.53 Å². The molecule has 0 fully saturated rings. The van der Waals surface area contributed by atoms with Gasteiger partial charge in [-0.05, 0) is 19.3 Å². The van der Waals surface area contributed by atoms with Gasteiger partial charge in [-0.1, -0.05) is 19.0 Å². The summed E-state index contributed by atoms with van der Waals surface area (Å²) in [5, 5.41) is 14.3. The highest BCUT2D eigenvalue weighted by molar-refractivity contribution is 5.90. The largest absolute Gasteiger partial charge is 0.409 e. The quantitative estimate of drug-likeness (QED) is 0.266. The van der Waals surface area contributed by atoms with Crippen LogP contribution in [0.1, 0.15) is 33.6 Å². The third-order valence-corrected chi connectivity index (χ3v) is 2.60. The van der Waals surface area contributed by atoms with E-state index in [0.717, 1.165) is 0 Å². The number of carbonyl (C=O) groups is 1. The van der Waals surface area contributed by atoms with Gasteiger partial charge in [0.15, 0.2) is 5.84 Å². The summed E-state index contributed by atoms with van der Waals surface area (Å²) in [6.45, 7) is 5.68. The fourth-order valence-corrected chi connectivity index (χ4v) is 1.34. The second-order valence-electron chi connectivity index (χ2n) is 4.40. The number of nitrogens with one attached hydrogen (secondary N) is 1. The van der Waals surface area contributed by atoms with Gasteiger partial charge in [-0.25, -0.2) is 0 Å². The lowest BCUT2D eigenvalue weighted by molar-refractivity contribution is -0.122. The molecule has 0 aliphatic rings. The molecule has 2 atom stereocenters. The molecule has 0 heterocycles. The maximum atomic E-state index is 11.6. The first kappa shape index (κ1) is 15.7. The Morgan fingerprint density at radius 2 is 2.06 bits per heavy atom. The van der Waals surface area contributed by atoms with Gasteiger partial charge in [0.25, 0.3) is 0 Å². The molecule has 17 heavy (non-hydrogen) atoms. The Morgan fingerprint density at radius 3 is 2.47 bits per heavy atom. The molecule has 1 amide bonds. The van der Waals surface area contributed by atoms with Gasteiger partial charge < -0.3 is 21.0 Å². The van der Waals surface area contributed by atoms with Gasteiger partial charge in [0.2, 0.25) is 5.91 Å². The fourth-order valence-electron chi connectivity index (χ4n) is 1.34. The van der Waals surface area contributed by atoms with Crippen LogP contribution in [0.15, 0.2) is 5.16 Å². The predicted molar refractivity (Wildman–Crippen MR) is 65.9 cm³/mol. The molecule has 6 nitrogen and oxygen atoms in total. The summed E-state index contributed by atoms with van der Waals surface area (Å²) in [6, 6.07) is -0.439. The topological polar surface area (TPSA) is 96.9 Å². The first-order valence-corrected chi connectivity index (χ1v) is 5.71. The molecule has 0 aromatic heterocycles. The molecule has 2 unspecified atom stereocenters. The van der Waals surface area contributed by atoms with E-state index < -0.39 is 6.04 Å². The molecule has 0 bridgehead atoms. The number of ether oxygens (including phenoxy) is 1. The third kappa shape index (κ3) is 6.11. The lowest BCUT2D eigenvalue weighted by Gasteiger charge is -2.21. The van der Waals surface area contributed by atoms with Crippen molar-refractivity contribution in [1.82, 2.24) is 5.32 Å². The molecule has 0 rings (SSSR count). The number of amides is 1. The van der Waals surface area contributed by atoms with Crippen LogP contribution in [0.2, 0.25) is 0 Å². The Labute approximate surface area is 102 Å². The predicted octanol–water partition coefficient (Wildman–Crippen LogP) is 0.689. The summed E-state index contributed by atoms with van der Waals surface area (Å²) < 4.78 is 5.05. The molecule has 6 heteroatoms. The van der Waals surface area contributed by atoms with Gasteiger partial charge in [0.1, 0.15) is 0 Å². The average Bonchev–Trinajstić information content (AvgIpc) is 2.31. The second kappa shape index (κ2) is 7.89. The molecule has 0 radical (unpaired) electrons. The minimum atomic E-state index is -0.439. The smallest absolute Gasteiger partial charge is 0.220 e. The zero-order valence-corrected chi connectivity index (χ0v) is 10.9. The number of hydrogen-bond acceptors (Lipinski definition) is 4. The van der Waals surface area contributed by atoms with Crippen molar-refractivity contribution in [3.63, 3.8) is 0 Å². The number of carbonyl (C=O) groups excluding carboxylic acids is 1. The van der Waals surface area contributed by atoms with E-state index in [1.165, 1.54) is 0 Å². The number of oxime groups is 1. The van der Waals surface area contributed by atoms with E-state index in [1.807, 2.05) is 20.8 Å². The maximum absolute atomic E-state index is 11.6. The highest BCUT2D eigenvalue weighted by Gasteiger charge is 2.20. The number of hydrogen-bond donors (Lipinski definition) is 3. The van der Waals surface area contributed by atoms with Crippen LogP contribution in [0.3, 0.4) is 0 Å². The van der Waals surface area contributed by atoms with E-state index >= 15 is 0 Å². The molecular weight excluding hydrogens is 222 g/mol. The minimum absolute atomic E-state index is 0.0214. The molecule has 0 aliphatic heterocycles. The van der Waals surface area contributed by atoms with Crippen molar-refractivity contribution in [3.05, 3.63) is 0 Å². The second-order valence-corrected chi connectivity index (χ2v) is 4.40. The molecule has 4 N–H and O–H groups in total. The zero-order chi connectivity index (χ0) is 13.4. The van der Waals surface area contributed by atoms with Crippen LogP contribution in [0.4, 0.5) is 0 Å². The summed E-state index contributed by atoms with van der Waals surface area (Å²) in [5.74, 6) is -0.0398. The molecule has 0 aliphatic carbocycles. The van der Waals surface area contributed by atoms with Crippen LogP contribution >= 0.6 is 0 Å². The third-order valence-electron chi connectivity index (χ3n) is 2.60. The zero-order valence-electron chi connectivity index (χ0n) is 10.9. The highest BCUT2D eigenvalue weighted by Crippen LogP contribution is 2.04. The number of nitrogens with two attached hydrogens (primary N) is 1. The Hall–Kier alpha value is -1.30. The molecule has 0 saturated heterocycles. The summed E-state index contributed by atoms with van der Waals surface area (Å²) in [4.78, 5) is 11.6. The van der Waals surface area contributed by atoms with E-state index in [-0.39, 0.29) is 23.8 Å². The standard InChI is InChI=1S/C11H23N3O3/c1-7(2)10(11(12)14-16)13-9(15)6-5-8(3)17-4/h7-8,10,16H,5-6H2,1-4H3,(H2,12,14)(H,13,15). The summed E-state index contributed by atoms with van der Waals surface area (Å²) in [7, 11) is 1.61. The fraction of sp³-hybridized carbons (Fsp3) is 0.818. The number of nitrogens with zero attached hydrogens (tertiary/aromatic N) is 1. The first-order valence-electron chi connectivity index (χ1n) is 5.71. The Kier molecular flexibility index (Phi) is 7.29. The summed E-state index contributed by atoms with van der Waals surface area (Å²) in [5.41, 5.74) is 5.51. The van der Waals surface area contributed by atoms with Gasteiger partial charge in [-0.2, -0.15) is 0 Å². The van der Waals surface area contributed by atoms with Crippen molar-refractivity contribution < 1.29 is 14.7 Å². The van der Waals surface area contributed by atoms with Crippen molar-refractivity contribution in [2.45, 2.75) is 45.8 Å². The van der Waals surface area contributed by atoms with Crippen molar-refractivity contribution in [2.75, 3.05) is 7.11 Å². The van der Waals surface area contributed by atoms with Gasteiger partial charge in [-0.3, -0.25) is 4.79 Å². The lowest BCUT2D eigenvalue weighted by Crippen LogP contribution is -2.47. The SMILES string of the molecule is COC(C)CCC(=O)NC(C(N)=NO)C(C)C. The lowest BCUT2D eigenvalue weighted by atomic mass is 10.0. The Balaban J connectivity index is 4.23. The van der Waals surface area contributed by atoms with E-state index in [4.69, 9.17) is 15.7 Å². The van der Waals surface area contributed by atoms with Gasteiger partial charge in [0, 0.05) is 13.5 Å². The molecule has 0 saturated carbocycles. The van der Waals surface area contributed by atoms with Crippen molar-refractivity contribution in [3.8, 4) is 0 Å². The maximum Gasteiger partial charge on any atom is 0.220 e. The van der Waals surface area contributed by atoms with Crippen LogP contribution < -0.4 is 11.1 Å². The van der Waals surface area contributed by atoms with Crippen LogP contribution in [-0.4, -0.2) is 36.2 Å². The van der Waals surface area contributed by atoms with Crippen molar-refractivity contribution >= 4 is 11.7 Å². The first-order chi connectivity index (χ1) is 7.92. The number of amidine groups is 1. The number of rotatable bonds is 7. The molecule has 0 spiro atoms. The Morgan fingerprint density at radius 1 is 1.47 bits per heavy atom. The molecular formula is C11H23N3O3. The molecule has 0 aromatic rings. The molecule has 0 aromatic carbocycles. The Bertz CT molecular complexity index is 267.